The van der Waals surface area contributed by atoms with E-state index in [4.69, 9.17) is 0 Å². The quantitative estimate of drug-likeness (QED) is 0.727. The van der Waals surface area contributed by atoms with Crippen molar-refractivity contribution in [3.63, 3.8) is 0 Å². The fourth-order valence-electron chi connectivity index (χ4n) is 1.18. The van der Waals surface area contributed by atoms with Crippen molar-refractivity contribution in [3.8, 4) is 0 Å². The maximum atomic E-state index is 12.7. The molecule has 1 unspecified atom stereocenters. The van der Waals surface area contributed by atoms with Crippen molar-refractivity contribution in [2.45, 2.75) is 25.9 Å². The molecule has 0 aliphatic heterocycles. The van der Waals surface area contributed by atoms with Gasteiger partial charge < -0.3 is 5.32 Å². The predicted molar refractivity (Wildman–Crippen MR) is 55.3 cm³/mol. The second kappa shape index (κ2) is 5.50. The van der Waals surface area contributed by atoms with Gasteiger partial charge in [-0.3, -0.25) is 4.98 Å². The Morgan fingerprint density at radius 3 is 3.07 bits per heavy atom. The molecule has 0 saturated heterocycles. The molecule has 14 heavy (non-hydrogen) atoms. The van der Waals surface area contributed by atoms with E-state index in [0.717, 1.165) is 12.0 Å². The molecule has 1 aromatic rings. The van der Waals surface area contributed by atoms with E-state index in [1.165, 1.54) is 12.3 Å². The van der Waals surface area contributed by atoms with E-state index in [9.17, 15) is 4.39 Å². The van der Waals surface area contributed by atoms with Crippen molar-refractivity contribution in [2.24, 2.45) is 0 Å². The number of hydrogen-bond donors (Lipinski definition) is 1. The number of pyridine rings is 1. The lowest BCUT2D eigenvalue weighted by Crippen LogP contribution is -2.24. The molecule has 1 N–H and O–H groups in total. The minimum Gasteiger partial charge on any atom is -0.310 e. The Balaban J connectivity index is 2.41. The van der Waals surface area contributed by atoms with Crippen molar-refractivity contribution in [2.75, 3.05) is 0 Å². The molecule has 0 fully saturated rings. The van der Waals surface area contributed by atoms with Crippen LogP contribution in [0.1, 0.15) is 18.9 Å². The van der Waals surface area contributed by atoms with Crippen molar-refractivity contribution < 1.29 is 4.39 Å². The average molecular weight is 194 g/mol. The van der Waals surface area contributed by atoms with Gasteiger partial charge in [0.05, 0.1) is 6.20 Å². The molecule has 76 valence electrons. The zero-order valence-electron chi connectivity index (χ0n) is 8.33. The molecule has 0 bridgehead atoms. The third kappa shape index (κ3) is 3.66. The van der Waals surface area contributed by atoms with Crippen LogP contribution in [0.4, 0.5) is 4.39 Å². The molecule has 0 spiro atoms. The first-order valence-electron chi connectivity index (χ1n) is 4.66. The summed E-state index contributed by atoms with van der Waals surface area (Å²) in [5.74, 6) is -0.291. The molecule has 3 heteroatoms. The Kier molecular flexibility index (Phi) is 4.26. The van der Waals surface area contributed by atoms with Gasteiger partial charge in [-0.15, -0.1) is 6.58 Å². The molecule has 0 saturated carbocycles. The van der Waals surface area contributed by atoms with Crippen LogP contribution in [-0.2, 0) is 6.54 Å². The molecule has 2 nitrogen and oxygen atoms in total. The van der Waals surface area contributed by atoms with Crippen LogP contribution in [0.25, 0.3) is 0 Å². The number of nitrogens with one attached hydrogen (secondary N) is 1. The van der Waals surface area contributed by atoms with Gasteiger partial charge in [0, 0.05) is 18.8 Å². The lowest BCUT2D eigenvalue weighted by molar-refractivity contribution is 0.548. The van der Waals surface area contributed by atoms with Crippen molar-refractivity contribution >= 4 is 0 Å². The molecule has 1 heterocycles. The highest BCUT2D eigenvalue weighted by Gasteiger charge is 1.99. The topological polar surface area (TPSA) is 24.9 Å². The summed E-state index contributed by atoms with van der Waals surface area (Å²) in [5.41, 5.74) is 0.862. The van der Waals surface area contributed by atoms with E-state index >= 15 is 0 Å². The Hall–Kier alpha value is -1.22. The van der Waals surface area contributed by atoms with Gasteiger partial charge >= 0.3 is 0 Å². The minimum atomic E-state index is -0.291. The monoisotopic (exact) mass is 194 g/mol. The molecule has 1 aromatic heterocycles. The van der Waals surface area contributed by atoms with E-state index in [-0.39, 0.29) is 5.82 Å². The first-order chi connectivity index (χ1) is 6.72. The Morgan fingerprint density at radius 2 is 2.43 bits per heavy atom. The lowest BCUT2D eigenvalue weighted by atomic mass is 10.2. The van der Waals surface area contributed by atoms with Gasteiger partial charge in [0.1, 0.15) is 5.82 Å². The first kappa shape index (κ1) is 10.9. The van der Waals surface area contributed by atoms with Crippen molar-refractivity contribution in [1.29, 1.82) is 0 Å². The highest BCUT2D eigenvalue weighted by molar-refractivity contribution is 5.09. The highest BCUT2D eigenvalue weighted by atomic mass is 19.1. The van der Waals surface area contributed by atoms with Crippen LogP contribution in [0.3, 0.4) is 0 Å². The van der Waals surface area contributed by atoms with E-state index in [1.807, 2.05) is 6.08 Å². The van der Waals surface area contributed by atoms with Gasteiger partial charge in [-0.25, -0.2) is 4.39 Å². The van der Waals surface area contributed by atoms with Gasteiger partial charge in [-0.2, -0.15) is 0 Å². The summed E-state index contributed by atoms with van der Waals surface area (Å²) < 4.78 is 12.7. The normalized spacial score (nSPS) is 12.4. The molecule has 0 radical (unpaired) electrons. The van der Waals surface area contributed by atoms with Crippen molar-refractivity contribution in [1.82, 2.24) is 10.3 Å². The molecular formula is C11H15FN2. The zero-order valence-corrected chi connectivity index (χ0v) is 8.33. The van der Waals surface area contributed by atoms with E-state index in [1.54, 1.807) is 6.20 Å². The average Bonchev–Trinajstić information content (AvgIpc) is 2.15. The van der Waals surface area contributed by atoms with E-state index in [0.29, 0.717) is 12.6 Å². The summed E-state index contributed by atoms with van der Waals surface area (Å²) in [6.07, 6.45) is 5.64. The van der Waals surface area contributed by atoms with Crippen molar-refractivity contribution in [3.05, 3.63) is 42.5 Å². The Morgan fingerprint density at radius 1 is 1.64 bits per heavy atom. The molecular weight excluding hydrogens is 179 g/mol. The third-order valence-corrected chi connectivity index (χ3v) is 1.94. The second-order valence-corrected chi connectivity index (χ2v) is 3.32. The van der Waals surface area contributed by atoms with Crippen LogP contribution in [0.5, 0.6) is 0 Å². The Labute approximate surface area is 83.9 Å². The van der Waals surface area contributed by atoms with Crippen LogP contribution < -0.4 is 5.32 Å². The fourth-order valence-corrected chi connectivity index (χ4v) is 1.18. The SMILES string of the molecule is C=CCC(C)NCc1cncc(F)c1. The van der Waals surface area contributed by atoms with Gasteiger partial charge in [-0.1, -0.05) is 6.08 Å². The largest absolute Gasteiger partial charge is 0.310 e. The van der Waals surface area contributed by atoms with E-state index in [2.05, 4.69) is 23.8 Å². The van der Waals surface area contributed by atoms with Crippen LogP contribution in [0, 0.1) is 5.82 Å². The molecule has 1 atom stereocenters. The standard InChI is InChI=1S/C11H15FN2/c1-3-4-9(2)14-7-10-5-11(12)8-13-6-10/h3,5-6,8-9,14H,1,4,7H2,2H3. The van der Waals surface area contributed by atoms with Gasteiger partial charge in [-0.05, 0) is 25.0 Å². The lowest BCUT2D eigenvalue weighted by Gasteiger charge is -2.10. The summed E-state index contributed by atoms with van der Waals surface area (Å²) in [6.45, 7) is 6.36. The highest BCUT2D eigenvalue weighted by Crippen LogP contribution is 2.01. The number of nitrogens with zero attached hydrogens (tertiary/aromatic N) is 1. The van der Waals surface area contributed by atoms with Gasteiger partial charge in [0.2, 0.25) is 0 Å². The van der Waals surface area contributed by atoms with Gasteiger partial charge in [0.25, 0.3) is 0 Å². The van der Waals surface area contributed by atoms with Crippen LogP contribution in [0.2, 0.25) is 0 Å². The second-order valence-electron chi connectivity index (χ2n) is 3.32. The Bertz CT molecular complexity index is 299. The summed E-state index contributed by atoms with van der Waals surface area (Å²) in [7, 11) is 0. The molecule has 0 aliphatic rings. The summed E-state index contributed by atoms with van der Waals surface area (Å²) in [5, 5.41) is 3.25. The fraction of sp³-hybridized carbons (Fsp3) is 0.364. The molecule has 0 aromatic carbocycles. The first-order valence-corrected chi connectivity index (χ1v) is 4.66. The predicted octanol–water partition coefficient (Wildman–Crippen LogP) is 2.27. The molecule has 0 amide bonds. The van der Waals surface area contributed by atoms with Crippen LogP contribution in [0.15, 0.2) is 31.1 Å². The smallest absolute Gasteiger partial charge is 0.141 e. The molecule has 1 rings (SSSR count). The number of halogens is 1. The van der Waals surface area contributed by atoms with Gasteiger partial charge in [0.15, 0.2) is 0 Å². The molecule has 0 aliphatic carbocycles. The van der Waals surface area contributed by atoms with Crippen LogP contribution in [-0.4, -0.2) is 11.0 Å². The van der Waals surface area contributed by atoms with Crippen LogP contribution >= 0.6 is 0 Å². The third-order valence-electron chi connectivity index (χ3n) is 1.94. The summed E-state index contributed by atoms with van der Waals surface area (Å²) in [6, 6.07) is 1.84. The zero-order chi connectivity index (χ0) is 10.4. The van der Waals surface area contributed by atoms with E-state index < -0.39 is 0 Å². The minimum absolute atomic E-state index is 0.291. The number of hydrogen-bond acceptors (Lipinski definition) is 2. The maximum absolute atomic E-state index is 12.7. The maximum Gasteiger partial charge on any atom is 0.141 e. The number of aromatic nitrogens is 1. The summed E-state index contributed by atoms with van der Waals surface area (Å²) >= 11 is 0. The number of rotatable bonds is 5. The summed E-state index contributed by atoms with van der Waals surface area (Å²) in [4.78, 5) is 3.77.